The minimum Gasteiger partial charge on any atom is -0.372 e. The maximum atomic E-state index is 13.6. The Bertz CT molecular complexity index is 924. The van der Waals surface area contributed by atoms with E-state index in [1.165, 1.54) is 24.5 Å². The first-order valence-electron chi connectivity index (χ1n) is 9.10. The normalized spacial score (nSPS) is 10.4. The molecule has 0 unspecified atom stereocenters. The predicted molar refractivity (Wildman–Crippen MR) is 110 cm³/mol. The van der Waals surface area contributed by atoms with Crippen LogP contribution in [0.15, 0.2) is 60.9 Å². The molecule has 2 N–H and O–H groups in total. The Hall–Kier alpha value is -3.48. The van der Waals surface area contributed by atoms with Crippen molar-refractivity contribution in [1.82, 2.24) is 9.97 Å². The summed E-state index contributed by atoms with van der Waals surface area (Å²) in [6.45, 7) is 6.14. The first-order valence-corrected chi connectivity index (χ1v) is 9.10. The van der Waals surface area contributed by atoms with Gasteiger partial charge in [-0.3, -0.25) is 4.79 Å². The van der Waals surface area contributed by atoms with Crippen LogP contribution in [-0.2, 0) is 0 Å². The quantitative estimate of drug-likeness (QED) is 0.634. The number of anilines is 4. The molecule has 0 bridgehead atoms. The second kappa shape index (κ2) is 8.94. The molecule has 0 saturated heterocycles. The Morgan fingerprint density at radius 2 is 1.71 bits per heavy atom. The highest BCUT2D eigenvalue weighted by Crippen LogP contribution is 2.20. The summed E-state index contributed by atoms with van der Waals surface area (Å²) in [4.78, 5) is 22.8. The number of nitrogens with zero attached hydrogens (tertiary/aromatic N) is 3. The summed E-state index contributed by atoms with van der Waals surface area (Å²) in [6, 6.07) is 14.0. The van der Waals surface area contributed by atoms with Gasteiger partial charge in [0.05, 0.1) is 18.1 Å². The van der Waals surface area contributed by atoms with Crippen LogP contribution in [0.3, 0.4) is 0 Å². The largest absolute Gasteiger partial charge is 0.372 e. The van der Waals surface area contributed by atoms with E-state index < -0.39 is 11.7 Å². The summed E-state index contributed by atoms with van der Waals surface area (Å²) in [5, 5.41) is 5.63. The lowest BCUT2D eigenvalue weighted by Gasteiger charge is -2.21. The van der Waals surface area contributed by atoms with E-state index in [2.05, 4.69) is 39.3 Å². The van der Waals surface area contributed by atoms with Crippen molar-refractivity contribution in [3.8, 4) is 0 Å². The summed E-state index contributed by atoms with van der Waals surface area (Å²) < 4.78 is 13.6. The molecule has 0 saturated carbocycles. The number of para-hydroxylation sites is 1. The molecule has 0 aliphatic heterocycles. The van der Waals surface area contributed by atoms with Crippen LogP contribution < -0.4 is 15.5 Å². The molecule has 0 aliphatic rings. The van der Waals surface area contributed by atoms with Crippen molar-refractivity contribution in [2.45, 2.75) is 13.8 Å². The number of hydrogen-bond acceptors (Lipinski definition) is 5. The fraction of sp³-hybridized carbons (Fsp3) is 0.190. The van der Waals surface area contributed by atoms with Gasteiger partial charge in [0.2, 0.25) is 0 Å². The molecule has 0 radical (unpaired) electrons. The lowest BCUT2D eigenvalue weighted by Crippen LogP contribution is -2.21. The maximum Gasteiger partial charge on any atom is 0.275 e. The highest BCUT2D eigenvalue weighted by atomic mass is 19.1. The lowest BCUT2D eigenvalue weighted by molar-refractivity contribution is 0.102. The van der Waals surface area contributed by atoms with E-state index in [9.17, 15) is 9.18 Å². The van der Waals surface area contributed by atoms with Gasteiger partial charge in [-0.05, 0) is 50.2 Å². The molecule has 0 aliphatic carbocycles. The fourth-order valence-electron chi connectivity index (χ4n) is 2.75. The van der Waals surface area contributed by atoms with Gasteiger partial charge in [-0.25, -0.2) is 14.4 Å². The van der Waals surface area contributed by atoms with Crippen molar-refractivity contribution in [2.75, 3.05) is 28.6 Å². The number of nitrogens with one attached hydrogen (secondary N) is 2. The number of halogens is 1. The number of carbonyl (C=O) groups excluding carboxylic acids is 1. The molecule has 6 nitrogen and oxygen atoms in total. The summed E-state index contributed by atoms with van der Waals surface area (Å²) in [5.41, 5.74) is 2.23. The van der Waals surface area contributed by atoms with Gasteiger partial charge in [-0.1, -0.05) is 12.1 Å². The highest BCUT2D eigenvalue weighted by Gasteiger charge is 2.11. The summed E-state index contributed by atoms with van der Waals surface area (Å²) >= 11 is 0. The minimum absolute atomic E-state index is 0.102. The maximum absolute atomic E-state index is 13.6. The molecule has 7 heteroatoms. The number of aromatic nitrogens is 2. The molecule has 1 heterocycles. The number of carbonyl (C=O) groups is 1. The molecule has 2 aromatic carbocycles. The zero-order chi connectivity index (χ0) is 19.9. The van der Waals surface area contributed by atoms with Gasteiger partial charge in [-0.2, -0.15) is 0 Å². The van der Waals surface area contributed by atoms with Crippen molar-refractivity contribution >= 4 is 28.8 Å². The van der Waals surface area contributed by atoms with Gasteiger partial charge >= 0.3 is 0 Å². The first kappa shape index (κ1) is 19.3. The van der Waals surface area contributed by atoms with Gasteiger partial charge in [0.1, 0.15) is 17.3 Å². The van der Waals surface area contributed by atoms with Gasteiger partial charge in [0.15, 0.2) is 0 Å². The smallest absolute Gasteiger partial charge is 0.275 e. The number of amides is 1. The van der Waals surface area contributed by atoms with Crippen LogP contribution in [0.1, 0.15) is 24.3 Å². The van der Waals surface area contributed by atoms with E-state index in [1.54, 1.807) is 12.1 Å². The van der Waals surface area contributed by atoms with Crippen molar-refractivity contribution in [3.05, 3.63) is 72.4 Å². The van der Waals surface area contributed by atoms with Gasteiger partial charge in [0.25, 0.3) is 5.91 Å². The number of benzene rings is 2. The topological polar surface area (TPSA) is 70.2 Å². The SMILES string of the molecule is CCN(CC)c1ccc(Nc2cnc(C(=O)Nc3ccccc3F)cn2)cc1. The average molecular weight is 379 g/mol. The minimum atomic E-state index is -0.521. The molecule has 0 atom stereocenters. The standard InChI is InChI=1S/C21H22FN5O/c1-3-27(4-2)16-11-9-15(10-12-16)25-20-14-23-19(13-24-20)21(28)26-18-8-6-5-7-17(18)22/h5-14H,3-4H2,1-2H3,(H,24,25)(H,26,28). The summed E-state index contributed by atoms with van der Waals surface area (Å²) in [7, 11) is 0. The number of hydrogen-bond donors (Lipinski definition) is 2. The molecule has 0 spiro atoms. The van der Waals surface area contributed by atoms with E-state index >= 15 is 0 Å². The molecule has 1 aromatic heterocycles. The number of rotatable bonds is 7. The van der Waals surface area contributed by atoms with Crippen LogP contribution >= 0.6 is 0 Å². The molecule has 144 valence electrons. The van der Waals surface area contributed by atoms with Gasteiger partial charge < -0.3 is 15.5 Å². The third kappa shape index (κ3) is 4.62. The fourth-order valence-corrected chi connectivity index (χ4v) is 2.75. The van der Waals surface area contributed by atoms with Crippen LogP contribution in [0.5, 0.6) is 0 Å². The van der Waals surface area contributed by atoms with E-state index in [-0.39, 0.29) is 11.4 Å². The van der Waals surface area contributed by atoms with Crippen LogP contribution in [0.25, 0.3) is 0 Å². The van der Waals surface area contributed by atoms with Crippen LogP contribution in [-0.4, -0.2) is 29.0 Å². The third-order valence-corrected chi connectivity index (χ3v) is 4.27. The van der Waals surface area contributed by atoms with Gasteiger partial charge in [0, 0.05) is 24.5 Å². The molecule has 0 fully saturated rings. The molecular formula is C21H22FN5O. The van der Waals surface area contributed by atoms with Crippen molar-refractivity contribution < 1.29 is 9.18 Å². The monoisotopic (exact) mass is 379 g/mol. The molecule has 3 rings (SSSR count). The molecule has 3 aromatic rings. The molecular weight excluding hydrogens is 357 g/mol. The summed E-state index contributed by atoms with van der Waals surface area (Å²) in [6.07, 6.45) is 2.82. The Kier molecular flexibility index (Phi) is 6.16. The van der Waals surface area contributed by atoms with Crippen molar-refractivity contribution in [3.63, 3.8) is 0 Å². The summed E-state index contributed by atoms with van der Waals surface area (Å²) in [5.74, 6) is -0.513. The first-order chi connectivity index (χ1) is 13.6. The zero-order valence-corrected chi connectivity index (χ0v) is 15.8. The zero-order valence-electron chi connectivity index (χ0n) is 15.8. The Morgan fingerprint density at radius 3 is 2.32 bits per heavy atom. The van der Waals surface area contributed by atoms with E-state index in [0.717, 1.165) is 24.5 Å². The second-order valence-electron chi connectivity index (χ2n) is 6.07. The lowest BCUT2D eigenvalue weighted by atomic mass is 10.2. The van der Waals surface area contributed by atoms with Crippen molar-refractivity contribution in [2.24, 2.45) is 0 Å². The Labute approximate surface area is 163 Å². The van der Waals surface area contributed by atoms with E-state index in [4.69, 9.17) is 0 Å². The molecule has 28 heavy (non-hydrogen) atoms. The Balaban J connectivity index is 1.64. The average Bonchev–Trinajstić information content (AvgIpc) is 2.72. The predicted octanol–water partition coefficient (Wildman–Crippen LogP) is 4.46. The molecule has 1 amide bonds. The van der Waals surface area contributed by atoms with Crippen LogP contribution in [0, 0.1) is 5.82 Å². The Morgan fingerprint density at radius 1 is 1.00 bits per heavy atom. The highest BCUT2D eigenvalue weighted by molar-refractivity contribution is 6.02. The van der Waals surface area contributed by atoms with Gasteiger partial charge in [-0.15, -0.1) is 0 Å². The van der Waals surface area contributed by atoms with Crippen molar-refractivity contribution in [1.29, 1.82) is 0 Å². The van der Waals surface area contributed by atoms with Crippen LogP contribution in [0.2, 0.25) is 0 Å². The van der Waals surface area contributed by atoms with E-state index in [0.29, 0.717) is 5.82 Å². The van der Waals surface area contributed by atoms with Crippen LogP contribution in [0.4, 0.5) is 27.3 Å². The van der Waals surface area contributed by atoms with E-state index in [1.807, 2.05) is 24.3 Å². The third-order valence-electron chi connectivity index (χ3n) is 4.27. The second-order valence-corrected chi connectivity index (χ2v) is 6.07.